The quantitative estimate of drug-likeness (QED) is 0.621. The molecule has 1 atom stereocenters. The second-order valence-electron chi connectivity index (χ2n) is 5.85. The van der Waals surface area contributed by atoms with Gasteiger partial charge in [-0.15, -0.1) is 0 Å². The molecule has 0 radical (unpaired) electrons. The lowest BCUT2D eigenvalue weighted by Gasteiger charge is -2.36. The van der Waals surface area contributed by atoms with Crippen LogP contribution in [0, 0.1) is 17.8 Å². The minimum Gasteiger partial charge on any atom is -0.450 e. The standard InChI is InChI=1S/C20H27NO3/c1-2-21-15-9-10-16-24-19(22)20(23,17-11-5-3-6-12-17)18-13-7-4-8-14-18/h3,5-6,11-12,18,21,23H,2,4,7-8,13-16H2,1H3/i2D2,15D2. The molecule has 0 heterocycles. The number of benzene rings is 1. The lowest BCUT2D eigenvalue weighted by atomic mass is 9.73. The number of esters is 1. The molecule has 24 heavy (non-hydrogen) atoms. The van der Waals surface area contributed by atoms with Crippen LogP contribution in [0.1, 0.15) is 50.1 Å². The molecular formula is C20H27NO3. The molecule has 0 aromatic heterocycles. The van der Waals surface area contributed by atoms with E-state index in [2.05, 4.69) is 17.2 Å². The van der Waals surface area contributed by atoms with Crippen molar-refractivity contribution in [3.8, 4) is 11.8 Å². The van der Waals surface area contributed by atoms with E-state index in [1.807, 2.05) is 6.07 Å². The molecule has 1 saturated carbocycles. The van der Waals surface area contributed by atoms with Crippen molar-refractivity contribution in [1.82, 2.24) is 5.32 Å². The third-order valence-electron chi connectivity index (χ3n) is 4.33. The van der Waals surface area contributed by atoms with Crippen LogP contribution in [0.4, 0.5) is 0 Å². The van der Waals surface area contributed by atoms with Gasteiger partial charge in [-0.25, -0.2) is 4.79 Å². The molecule has 0 amide bonds. The van der Waals surface area contributed by atoms with E-state index in [0.717, 1.165) is 32.1 Å². The zero-order valence-corrected chi connectivity index (χ0v) is 14.0. The van der Waals surface area contributed by atoms with Gasteiger partial charge in [0, 0.05) is 8.66 Å². The van der Waals surface area contributed by atoms with E-state index in [4.69, 9.17) is 10.2 Å². The molecule has 1 aromatic carbocycles. The number of nitrogens with one attached hydrogen (secondary N) is 1. The van der Waals surface area contributed by atoms with Crippen molar-refractivity contribution < 1.29 is 20.1 Å². The maximum Gasteiger partial charge on any atom is 0.344 e. The number of aliphatic hydroxyl groups is 1. The van der Waals surface area contributed by atoms with Crippen LogP contribution in [0.2, 0.25) is 0 Å². The molecule has 0 bridgehead atoms. The molecular weight excluding hydrogens is 302 g/mol. The molecule has 1 aliphatic rings. The normalized spacial score (nSPS) is 21.1. The predicted molar refractivity (Wildman–Crippen MR) is 94.2 cm³/mol. The Balaban J connectivity index is 2.11. The Hall–Kier alpha value is -1.83. The molecule has 2 rings (SSSR count). The van der Waals surface area contributed by atoms with Gasteiger partial charge in [-0.2, -0.15) is 0 Å². The van der Waals surface area contributed by atoms with Gasteiger partial charge in [0.2, 0.25) is 0 Å². The molecule has 2 N–H and O–H groups in total. The lowest BCUT2D eigenvalue weighted by Crippen LogP contribution is -2.45. The van der Waals surface area contributed by atoms with E-state index in [1.165, 1.54) is 6.92 Å². The minimum absolute atomic E-state index is 0.246. The van der Waals surface area contributed by atoms with E-state index in [9.17, 15) is 9.90 Å². The minimum atomic E-state index is -2.27. The van der Waals surface area contributed by atoms with Crippen LogP contribution in [0.5, 0.6) is 0 Å². The first-order valence-electron chi connectivity index (χ1n) is 10.3. The van der Waals surface area contributed by atoms with Gasteiger partial charge in [-0.3, -0.25) is 0 Å². The fraction of sp³-hybridized carbons (Fsp3) is 0.550. The smallest absolute Gasteiger partial charge is 0.344 e. The summed E-state index contributed by atoms with van der Waals surface area (Å²) in [5.41, 5.74) is -1.28. The summed E-state index contributed by atoms with van der Waals surface area (Å²) in [6.07, 6.45) is 4.42. The SMILES string of the molecule is [2H]C([2H])(C)NC([2H])([2H])C#CCOC(=O)C(O)(c1ccccc1)C1CCCCC1. The maximum atomic E-state index is 12.8. The molecule has 1 aliphatic carbocycles. The van der Waals surface area contributed by atoms with Crippen molar-refractivity contribution in [3.63, 3.8) is 0 Å². The van der Waals surface area contributed by atoms with Gasteiger partial charge in [-0.1, -0.05) is 68.4 Å². The Morgan fingerprint density at radius 3 is 2.71 bits per heavy atom. The van der Waals surface area contributed by atoms with Crippen molar-refractivity contribution in [2.24, 2.45) is 5.92 Å². The topological polar surface area (TPSA) is 58.6 Å². The summed E-state index contributed by atoms with van der Waals surface area (Å²) in [7, 11) is 0. The highest BCUT2D eigenvalue weighted by Gasteiger charge is 2.46. The first-order chi connectivity index (χ1) is 13.0. The van der Waals surface area contributed by atoms with Gasteiger partial charge in [-0.05, 0) is 24.9 Å². The van der Waals surface area contributed by atoms with E-state index in [-0.39, 0.29) is 5.92 Å². The van der Waals surface area contributed by atoms with Crippen LogP contribution in [0.15, 0.2) is 30.3 Å². The summed E-state index contributed by atoms with van der Waals surface area (Å²) in [5.74, 6) is 3.57. The third kappa shape index (κ3) is 4.59. The fourth-order valence-corrected chi connectivity index (χ4v) is 3.12. The molecule has 1 unspecified atom stereocenters. The second-order valence-corrected chi connectivity index (χ2v) is 5.85. The Morgan fingerprint density at radius 1 is 1.33 bits per heavy atom. The summed E-state index contributed by atoms with van der Waals surface area (Å²) >= 11 is 0. The largest absolute Gasteiger partial charge is 0.450 e. The fourth-order valence-electron chi connectivity index (χ4n) is 3.12. The van der Waals surface area contributed by atoms with Crippen LogP contribution in [-0.4, -0.2) is 30.7 Å². The van der Waals surface area contributed by atoms with Gasteiger partial charge < -0.3 is 15.2 Å². The summed E-state index contributed by atoms with van der Waals surface area (Å²) in [4.78, 5) is 12.8. The zero-order valence-electron chi connectivity index (χ0n) is 18.0. The maximum absolute atomic E-state index is 12.8. The zero-order chi connectivity index (χ0) is 20.8. The number of ether oxygens (including phenoxy) is 1. The van der Waals surface area contributed by atoms with Crippen molar-refractivity contribution >= 4 is 5.97 Å². The number of hydrogen-bond acceptors (Lipinski definition) is 4. The van der Waals surface area contributed by atoms with Crippen molar-refractivity contribution in [2.75, 3.05) is 19.6 Å². The lowest BCUT2D eigenvalue weighted by molar-refractivity contribution is -0.174. The van der Waals surface area contributed by atoms with Crippen molar-refractivity contribution in [2.45, 2.75) is 44.6 Å². The molecule has 0 saturated heterocycles. The van der Waals surface area contributed by atoms with Gasteiger partial charge in [0.25, 0.3) is 0 Å². The van der Waals surface area contributed by atoms with Crippen LogP contribution < -0.4 is 5.32 Å². The molecule has 0 spiro atoms. The first kappa shape index (κ1) is 13.5. The summed E-state index contributed by atoms with van der Waals surface area (Å²) in [6.45, 7) is -3.43. The molecule has 4 nitrogen and oxygen atoms in total. The summed E-state index contributed by atoms with van der Waals surface area (Å²) < 4.78 is 35.2. The highest BCUT2D eigenvalue weighted by molar-refractivity contribution is 5.81. The van der Waals surface area contributed by atoms with E-state index >= 15 is 0 Å². The molecule has 0 aliphatic heterocycles. The van der Waals surface area contributed by atoms with E-state index in [1.54, 1.807) is 24.3 Å². The van der Waals surface area contributed by atoms with Crippen LogP contribution in [0.25, 0.3) is 0 Å². The summed E-state index contributed by atoms with van der Waals surface area (Å²) in [5, 5.41) is 13.4. The predicted octanol–water partition coefficient (Wildman–Crippen LogP) is 2.61. The summed E-state index contributed by atoms with van der Waals surface area (Å²) in [6, 6.07) is 8.73. The first-order valence-corrected chi connectivity index (χ1v) is 8.29. The van der Waals surface area contributed by atoms with Gasteiger partial charge in [0.1, 0.15) is 0 Å². The Bertz CT molecular complexity index is 718. The number of carbonyl (C=O) groups is 1. The van der Waals surface area contributed by atoms with Crippen LogP contribution >= 0.6 is 0 Å². The van der Waals surface area contributed by atoms with Crippen molar-refractivity contribution in [1.29, 1.82) is 0 Å². The van der Waals surface area contributed by atoms with Gasteiger partial charge in [0.15, 0.2) is 12.2 Å². The average molecular weight is 333 g/mol. The van der Waals surface area contributed by atoms with Gasteiger partial charge in [0.05, 0.1) is 9.24 Å². The average Bonchev–Trinajstić information content (AvgIpc) is 2.64. The molecule has 130 valence electrons. The number of rotatable bonds is 6. The Kier molecular flexibility index (Phi) is 5.31. The van der Waals surface area contributed by atoms with Crippen LogP contribution in [0.3, 0.4) is 0 Å². The monoisotopic (exact) mass is 333 g/mol. The number of hydrogen-bond donors (Lipinski definition) is 2. The Labute approximate surface area is 150 Å². The molecule has 4 heteroatoms. The Morgan fingerprint density at radius 2 is 2.04 bits per heavy atom. The highest BCUT2D eigenvalue weighted by Crippen LogP contribution is 2.40. The molecule has 1 fully saturated rings. The van der Waals surface area contributed by atoms with Crippen LogP contribution in [-0.2, 0) is 15.1 Å². The van der Waals surface area contributed by atoms with Gasteiger partial charge >= 0.3 is 5.97 Å². The van der Waals surface area contributed by atoms with Crippen molar-refractivity contribution in [3.05, 3.63) is 35.9 Å². The van der Waals surface area contributed by atoms with E-state index < -0.39 is 31.2 Å². The number of carbonyl (C=O) groups excluding carboxylic acids is 1. The molecule has 1 aromatic rings. The third-order valence-corrected chi connectivity index (χ3v) is 4.33. The van der Waals surface area contributed by atoms with E-state index in [0.29, 0.717) is 5.56 Å². The second kappa shape index (κ2) is 9.46. The highest BCUT2D eigenvalue weighted by atomic mass is 16.5.